The van der Waals surface area contributed by atoms with E-state index >= 15 is 0 Å². The Morgan fingerprint density at radius 2 is 2.00 bits per heavy atom. The van der Waals surface area contributed by atoms with Crippen molar-refractivity contribution in [2.45, 2.75) is 31.5 Å². The third-order valence-corrected chi connectivity index (χ3v) is 5.09. The fourth-order valence-electron chi connectivity index (χ4n) is 3.39. The van der Waals surface area contributed by atoms with Crippen molar-refractivity contribution in [3.05, 3.63) is 66.1 Å². The fraction of sp³-hybridized carbons (Fsp3) is 0.318. The van der Waals surface area contributed by atoms with Gasteiger partial charge in [0.05, 0.1) is 23.4 Å². The number of nitrogens with zero attached hydrogens (tertiary/aromatic N) is 2. The standard InChI is InChI=1S/C22H20F3N3O2/c1-13(18-9-7-15(11-26-18)30-12-22(23,24)25)27-21(29)17-10-16(17)20-8-6-14-4-2-3-5-19(14)28-20/h2-9,11,13,16-17H,10,12H2,1H3,(H,27,29)/t13-,16-,17-/m1/s1. The van der Waals surface area contributed by atoms with Gasteiger partial charge in [-0.15, -0.1) is 0 Å². The number of aromatic nitrogens is 2. The second-order valence-corrected chi connectivity index (χ2v) is 7.43. The van der Waals surface area contributed by atoms with Crippen LogP contribution in [0, 0.1) is 5.92 Å². The van der Waals surface area contributed by atoms with Crippen molar-refractivity contribution in [3.63, 3.8) is 0 Å². The molecule has 4 rings (SSSR count). The summed E-state index contributed by atoms with van der Waals surface area (Å²) in [7, 11) is 0. The van der Waals surface area contributed by atoms with Gasteiger partial charge in [0.1, 0.15) is 5.75 Å². The van der Waals surface area contributed by atoms with Gasteiger partial charge < -0.3 is 10.1 Å². The molecule has 1 N–H and O–H groups in total. The second-order valence-electron chi connectivity index (χ2n) is 7.43. The van der Waals surface area contributed by atoms with Crippen LogP contribution in [-0.2, 0) is 4.79 Å². The molecule has 0 bridgehead atoms. The van der Waals surface area contributed by atoms with Gasteiger partial charge in [-0.25, -0.2) is 0 Å². The number of fused-ring (bicyclic) bond motifs is 1. The molecule has 0 spiro atoms. The van der Waals surface area contributed by atoms with Crippen molar-refractivity contribution in [1.29, 1.82) is 0 Å². The number of benzene rings is 1. The number of para-hydroxylation sites is 1. The Kier molecular flexibility index (Phi) is 5.32. The Bertz CT molecular complexity index is 1050. The number of nitrogens with one attached hydrogen (secondary N) is 1. The molecule has 1 saturated carbocycles. The number of ether oxygens (including phenoxy) is 1. The Morgan fingerprint density at radius 1 is 1.20 bits per heavy atom. The van der Waals surface area contributed by atoms with Gasteiger partial charge in [-0.1, -0.05) is 24.3 Å². The maximum atomic E-state index is 12.6. The fourth-order valence-corrected chi connectivity index (χ4v) is 3.39. The quantitative estimate of drug-likeness (QED) is 0.642. The van der Waals surface area contributed by atoms with Crippen molar-refractivity contribution in [1.82, 2.24) is 15.3 Å². The molecule has 0 saturated heterocycles. The van der Waals surface area contributed by atoms with E-state index in [2.05, 4.69) is 20.0 Å². The number of hydrogen-bond donors (Lipinski definition) is 1. The molecule has 3 atom stereocenters. The summed E-state index contributed by atoms with van der Waals surface area (Å²) in [5.41, 5.74) is 2.36. The number of pyridine rings is 2. The van der Waals surface area contributed by atoms with Gasteiger partial charge in [-0.3, -0.25) is 14.8 Å². The third kappa shape index (κ3) is 4.69. The summed E-state index contributed by atoms with van der Waals surface area (Å²) in [6, 6.07) is 14.4. The van der Waals surface area contributed by atoms with Gasteiger partial charge >= 0.3 is 6.18 Å². The van der Waals surface area contributed by atoms with Crippen LogP contribution in [0.2, 0.25) is 0 Å². The second kappa shape index (κ2) is 7.93. The number of hydrogen-bond acceptors (Lipinski definition) is 4. The van der Waals surface area contributed by atoms with Crippen LogP contribution in [0.1, 0.15) is 36.7 Å². The Balaban J connectivity index is 1.33. The van der Waals surface area contributed by atoms with E-state index in [9.17, 15) is 18.0 Å². The van der Waals surface area contributed by atoms with Gasteiger partial charge in [0, 0.05) is 22.9 Å². The van der Waals surface area contributed by atoms with Crippen molar-refractivity contribution < 1.29 is 22.7 Å². The molecule has 0 unspecified atom stereocenters. The summed E-state index contributed by atoms with van der Waals surface area (Å²) in [4.78, 5) is 21.4. The largest absolute Gasteiger partial charge is 0.483 e. The van der Waals surface area contributed by atoms with Gasteiger partial charge in [-0.2, -0.15) is 13.2 Å². The van der Waals surface area contributed by atoms with Crippen LogP contribution in [0.15, 0.2) is 54.7 Å². The highest BCUT2D eigenvalue weighted by atomic mass is 19.4. The number of rotatable bonds is 6. The molecule has 2 heterocycles. The smallest absolute Gasteiger partial charge is 0.422 e. The summed E-state index contributed by atoms with van der Waals surface area (Å²) in [6.45, 7) is 0.411. The summed E-state index contributed by atoms with van der Waals surface area (Å²) >= 11 is 0. The number of alkyl halides is 3. The van der Waals surface area contributed by atoms with Gasteiger partial charge in [-0.05, 0) is 37.6 Å². The van der Waals surface area contributed by atoms with E-state index in [-0.39, 0.29) is 29.5 Å². The maximum absolute atomic E-state index is 12.6. The number of amides is 1. The minimum Gasteiger partial charge on any atom is -0.483 e. The monoisotopic (exact) mass is 415 g/mol. The van der Waals surface area contributed by atoms with Crippen molar-refractivity contribution >= 4 is 16.8 Å². The lowest BCUT2D eigenvalue weighted by atomic mass is 10.1. The minimum atomic E-state index is -4.40. The Labute approximate surface area is 171 Å². The highest BCUT2D eigenvalue weighted by Crippen LogP contribution is 2.47. The first-order chi connectivity index (χ1) is 14.3. The lowest BCUT2D eigenvalue weighted by molar-refractivity contribution is -0.153. The highest BCUT2D eigenvalue weighted by Gasteiger charge is 2.45. The van der Waals surface area contributed by atoms with Crippen LogP contribution in [0.25, 0.3) is 10.9 Å². The molecule has 30 heavy (non-hydrogen) atoms. The number of carbonyl (C=O) groups is 1. The third-order valence-electron chi connectivity index (χ3n) is 5.09. The topological polar surface area (TPSA) is 64.1 Å². The normalized spacial score (nSPS) is 19.3. The predicted octanol–water partition coefficient (Wildman–Crippen LogP) is 4.55. The van der Waals surface area contributed by atoms with Crippen LogP contribution in [0.5, 0.6) is 5.75 Å². The highest BCUT2D eigenvalue weighted by molar-refractivity contribution is 5.84. The van der Waals surface area contributed by atoms with Gasteiger partial charge in [0.15, 0.2) is 6.61 Å². The minimum absolute atomic E-state index is 0.0271. The number of carbonyl (C=O) groups excluding carboxylic acids is 1. The molecule has 1 amide bonds. The van der Waals surface area contributed by atoms with Crippen molar-refractivity contribution in [3.8, 4) is 5.75 Å². The van der Waals surface area contributed by atoms with Crippen LogP contribution in [-0.4, -0.2) is 28.7 Å². The van der Waals surface area contributed by atoms with Crippen LogP contribution >= 0.6 is 0 Å². The molecule has 5 nitrogen and oxygen atoms in total. The lowest BCUT2D eigenvalue weighted by Crippen LogP contribution is -2.29. The Hall–Kier alpha value is -3.16. The zero-order valence-corrected chi connectivity index (χ0v) is 16.2. The van der Waals surface area contributed by atoms with E-state index in [1.54, 1.807) is 13.0 Å². The summed E-state index contributed by atoms with van der Waals surface area (Å²) < 4.78 is 41.3. The van der Waals surface area contributed by atoms with Crippen LogP contribution in [0.3, 0.4) is 0 Å². The molecule has 2 aromatic heterocycles. The first kappa shape index (κ1) is 20.1. The van der Waals surface area contributed by atoms with E-state index < -0.39 is 12.8 Å². The van der Waals surface area contributed by atoms with E-state index in [4.69, 9.17) is 0 Å². The first-order valence-electron chi connectivity index (χ1n) is 9.62. The lowest BCUT2D eigenvalue weighted by Gasteiger charge is -2.14. The average molecular weight is 415 g/mol. The van der Waals surface area contributed by atoms with Crippen LogP contribution in [0.4, 0.5) is 13.2 Å². The molecule has 1 aliphatic rings. The molecule has 3 aromatic rings. The van der Waals surface area contributed by atoms with Gasteiger partial charge in [0.25, 0.3) is 0 Å². The Morgan fingerprint density at radius 3 is 2.73 bits per heavy atom. The van der Waals surface area contributed by atoms with E-state index in [0.717, 1.165) is 23.0 Å². The molecule has 0 radical (unpaired) electrons. The molecule has 156 valence electrons. The first-order valence-corrected chi connectivity index (χ1v) is 9.62. The molecule has 1 fully saturated rings. The molecule has 8 heteroatoms. The SMILES string of the molecule is C[C@@H](NC(=O)[C@@H]1C[C@H]1c1ccc2ccccc2n1)c1ccc(OCC(F)(F)F)cn1. The van der Waals surface area contributed by atoms with E-state index in [0.29, 0.717) is 5.69 Å². The van der Waals surface area contributed by atoms with Crippen molar-refractivity contribution in [2.24, 2.45) is 5.92 Å². The summed E-state index contributed by atoms with van der Waals surface area (Å²) in [5, 5.41) is 3.98. The molecule has 1 aliphatic carbocycles. The van der Waals surface area contributed by atoms with E-state index in [1.807, 2.05) is 36.4 Å². The molecular formula is C22H20F3N3O2. The zero-order chi connectivity index (χ0) is 21.3. The van der Waals surface area contributed by atoms with Crippen molar-refractivity contribution in [2.75, 3.05) is 6.61 Å². The van der Waals surface area contributed by atoms with E-state index in [1.165, 1.54) is 12.3 Å². The van der Waals surface area contributed by atoms with Gasteiger partial charge in [0.2, 0.25) is 5.91 Å². The maximum Gasteiger partial charge on any atom is 0.422 e. The van der Waals surface area contributed by atoms with Crippen LogP contribution < -0.4 is 10.1 Å². The average Bonchev–Trinajstić information content (AvgIpc) is 3.53. The number of halogens is 3. The summed E-state index contributed by atoms with van der Waals surface area (Å²) in [6.07, 6.45) is -2.44. The zero-order valence-electron chi connectivity index (χ0n) is 16.2. The molecule has 1 aromatic carbocycles. The predicted molar refractivity (Wildman–Crippen MR) is 105 cm³/mol. The molecule has 0 aliphatic heterocycles. The molecular weight excluding hydrogens is 395 g/mol. The summed E-state index contributed by atoms with van der Waals surface area (Å²) in [5.74, 6) is -0.107.